The first-order valence-electron chi connectivity index (χ1n) is 8.89. The van der Waals surface area contributed by atoms with Gasteiger partial charge in [0.25, 0.3) is 5.91 Å². The van der Waals surface area contributed by atoms with Gasteiger partial charge in [0, 0.05) is 43.5 Å². The minimum absolute atomic E-state index is 0.00170. The van der Waals surface area contributed by atoms with E-state index in [0.29, 0.717) is 23.0 Å². The van der Waals surface area contributed by atoms with Crippen LogP contribution in [0, 0.1) is 18.7 Å². The van der Waals surface area contributed by atoms with Gasteiger partial charge in [-0.3, -0.25) is 4.79 Å². The number of aryl methyl sites for hydroxylation is 1. The van der Waals surface area contributed by atoms with Gasteiger partial charge in [0.15, 0.2) is 0 Å². The van der Waals surface area contributed by atoms with Crippen LogP contribution in [0.1, 0.15) is 16.2 Å². The zero-order valence-electron chi connectivity index (χ0n) is 15.0. The van der Waals surface area contributed by atoms with Crippen LogP contribution < -0.4 is 4.74 Å². The number of hydrogen-bond donors (Lipinski definition) is 0. The van der Waals surface area contributed by atoms with Gasteiger partial charge in [-0.05, 0) is 49.4 Å². The molecule has 0 spiro atoms. The summed E-state index contributed by atoms with van der Waals surface area (Å²) < 4.78 is 20.8. The number of ether oxygens (including phenoxy) is 1. The summed E-state index contributed by atoms with van der Waals surface area (Å²) in [4.78, 5) is 18.8. The minimum atomic E-state index is -0.315. The molecule has 1 amide bonds. The van der Waals surface area contributed by atoms with Gasteiger partial charge in [-0.15, -0.1) is 0 Å². The summed E-state index contributed by atoms with van der Waals surface area (Å²) in [6.45, 7) is 4.33. The van der Waals surface area contributed by atoms with E-state index in [1.807, 2.05) is 18.0 Å². The van der Waals surface area contributed by atoms with Gasteiger partial charge < -0.3 is 14.2 Å². The number of nitrogens with zero attached hydrogens (tertiary/aromatic N) is 3. The monoisotopic (exact) mass is 365 g/mol. The minimum Gasteiger partial charge on any atom is -0.457 e. The van der Waals surface area contributed by atoms with Crippen LogP contribution in [0.25, 0.3) is 0 Å². The van der Waals surface area contributed by atoms with Gasteiger partial charge in [-0.1, -0.05) is 6.07 Å². The Balaban J connectivity index is 1.37. The van der Waals surface area contributed by atoms with E-state index in [0.717, 1.165) is 25.5 Å². The third-order valence-electron chi connectivity index (χ3n) is 4.75. The molecule has 0 aliphatic carbocycles. The molecule has 0 unspecified atom stereocenters. The lowest BCUT2D eigenvalue weighted by Crippen LogP contribution is -2.51. The Labute approximate surface area is 157 Å². The first-order valence-corrected chi connectivity index (χ1v) is 8.89. The van der Waals surface area contributed by atoms with Crippen molar-refractivity contribution in [2.75, 3.05) is 13.1 Å². The Kier molecular flexibility index (Phi) is 4.62. The number of hydrogen-bond acceptors (Lipinski definition) is 3. The number of likely N-dealkylation sites (tertiary alicyclic amines) is 1. The Hall–Kier alpha value is -3.15. The van der Waals surface area contributed by atoms with Crippen molar-refractivity contribution in [1.29, 1.82) is 0 Å². The lowest BCUT2D eigenvalue weighted by atomic mass is 9.98. The fourth-order valence-electron chi connectivity index (χ4n) is 3.24. The lowest BCUT2D eigenvalue weighted by Gasteiger charge is -2.39. The summed E-state index contributed by atoms with van der Waals surface area (Å²) >= 11 is 0. The predicted molar refractivity (Wildman–Crippen MR) is 99.3 cm³/mol. The number of carbonyl (C=O) groups is 1. The normalized spacial score (nSPS) is 14.1. The molecule has 0 atom stereocenters. The molecule has 5 nitrogen and oxygen atoms in total. The summed E-state index contributed by atoms with van der Waals surface area (Å²) in [6, 6.07) is 12.9. The van der Waals surface area contributed by atoms with Gasteiger partial charge in [0.2, 0.25) is 0 Å². The molecule has 1 saturated heterocycles. The maximum Gasteiger partial charge on any atom is 0.254 e. The maximum atomic E-state index is 13.0. The molecule has 6 heteroatoms. The third-order valence-corrected chi connectivity index (χ3v) is 4.75. The van der Waals surface area contributed by atoms with E-state index in [4.69, 9.17) is 4.74 Å². The lowest BCUT2D eigenvalue weighted by molar-refractivity contribution is 0.0467. The molecule has 4 rings (SSSR count). The smallest absolute Gasteiger partial charge is 0.254 e. The van der Waals surface area contributed by atoms with Crippen molar-refractivity contribution >= 4 is 5.91 Å². The van der Waals surface area contributed by atoms with Crippen molar-refractivity contribution in [3.05, 3.63) is 78.1 Å². The average molecular weight is 365 g/mol. The topological polar surface area (TPSA) is 47.4 Å². The number of benzene rings is 2. The molecule has 2 aromatic carbocycles. The van der Waals surface area contributed by atoms with Crippen molar-refractivity contribution in [3.8, 4) is 11.5 Å². The van der Waals surface area contributed by atoms with Crippen LogP contribution in [-0.2, 0) is 6.54 Å². The molecule has 3 aromatic rings. The zero-order chi connectivity index (χ0) is 18.8. The average Bonchev–Trinajstić information content (AvgIpc) is 3.04. The fourth-order valence-corrected chi connectivity index (χ4v) is 3.24. The van der Waals surface area contributed by atoms with Crippen molar-refractivity contribution in [1.82, 2.24) is 14.5 Å². The van der Waals surface area contributed by atoms with E-state index < -0.39 is 0 Å². The van der Waals surface area contributed by atoms with E-state index in [1.54, 1.807) is 42.6 Å². The Morgan fingerprint density at radius 3 is 2.67 bits per heavy atom. The predicted octanol–water partition coefficient (Wildman–Crippen LogP) is 3.90. The summed E-state index contributed by atoms with van der Waals surface area (Å²) in [7, 11) is 0. The molecule has 1 aliphatic heterocycles. The first-order chi connectivity index (χ1) is 13.1. The van der Waals surface area contributed by atoms with Crippen LogP contribution in [0.4, 0.5) is 4.39 Å². The number of halogens is 1. The highest BCUT2D eigenvalue weighted by atomic mass is 19.1. The molecule has 1 aliphatic rings. The van der Waals surface area contributed by atoms with Crippen molar-refractivity contribution < 1.29 is 13.9 Å². The quantitative estimate of drug-likeness (QED) is 0.689. The second kappa shape index (κ2) is 7.23. The van der Waals surface area contributed by atoms with E-state index >= 15 is 0 Å². The molecule has 0 saturated carbocycles. The molecule has 138 valence electrons. The van der Waals surface area contributed by atoms with Crippen LogP contribution in [0.15, 0.2) is 60.9 Å². The Morgan fingerprint density at radius 1 is 1.19 bits per heavy atom. The molecule has 0 bridgehead atoms. The molecular weight excluding hydrogens is 345 g/mol. The Bertz CT molecular complexity index is 946. The number of rotatable bonds is 5. The summed E-state index contributed by atoms with van der Waals surface area (Å²) in [5.41, 5.74) is 0.590. The Morgan fingerprint density at radius 2 is 1.96 bits per heavy atom. The van der Waals surface area contributed by atoms with Crippen LogP contribution >= 0.6 is 0 Å². The highest BCUT2D eigenvalue weighted by Gasteiger charge is 2.31. The number of carbonyl (C=O) groups excluding carboxylic acids is 1. The third kappa shape index (κ3) is 3.84. The summed E-state index contributed by atoms with van der Waals surface area (Å²) in [5.74, 6) is 2.20. The van der Waals surface area contributed by atoms with Gasteiger partial charge in [0.1, 0.15) is 23.1 Å². The zero-order valence-corrected chi connectivity index (χ0v) is 15.0. The van der Waals surface area contributed by atoms with Crippen molar-refractivity contribution in [3.63, 3.8) is 0 Å². The van der Waals surface area contributed by atoms with Crippen LogP contribution in [0.3, 0.4) is 0 Å². The number of aromatic nitrogens is 2. The number of amides is 1. The molecule has 1 aromatic heterocycles. The van der Waals surface area contributed by atoms with E-state index in [2.05, 4.69) is 9.55 Å². The number of imidazole rings is 1. The molecule has 1 fully saturated rings. The standard InChI is InChI=1S/C21H20FN3O2/c1-15-23-9-10-24(15)12-16-13-25(14-16)21(26)17-3-2-4-20(11-17)27-19-7-5-18(22)6-8-19/h2-11,16H,12-14H2,1H3. The SMILES string of the molecule is Cc1nccn1CC1CN(C(=O)c2cccc(Oc3ccc(F)cc3)c2)C1. The summed E-state index contributed by atoms with van der Waals surface area (Å²) in [5, 5.41) is 0. The maximum absolute atomic E-state index is 13.0. The largest absolute Gasteiger partial charge is 0.457 e. The van der Waals surface area contributed by atoms with E-state index in [-0.39, 0.29) is 11.7 Å². The molecule has 27 heavy (non-hydrogen) atoms. The highest BCUT2D eigenvalue weighted by Crippen LogP contribution is 2.25. The van der Waals surface area contributed by atoms with Crippen LogP contribution in [-0.4, -0.2) is 33.4 Å². The van der Waals surface area contributed by atoms with Gasteiger partial charge in [-0.2, -0.15) is 0 Å². The highest BCUT2D eigenvalue weighted by molar-refractivity contribution is 5.95. The van der Waals surface area contributed by atoms with Crippen LogP contribution in [0.5, 0.6) is 11.5 Å². The van der Waals surface area contributed by atoms with Gasteiger partial charge >= 0.3 is 0 Å². The van der Waals surface area contributed by atoms with E-state index in [1.165, 1.54) is 12.1 Å². The molecule has 2 heterocycles. The van der Waals surface area contributed by atoms with Gasteiger partial charge in [0.05, 0.1) is 0 Å². The fraction of sp³-hybridized carbons (Fsp3) is 0.238. The van der Waals surface area contributed by atoms with Crippen molar-refractivity contribution in [2.24, 2.45) is 5.92 Å². The second-order valence-electron chi connectivity index (χ2n) is 6.79. The first kappa shape index (κ1) is 17.3. The summed E-state index contributed by atoms with van der Waals surface area (Å²) in [6.07, 6.45) is 3.76. The van der Waals surface area contributed by atoms with Crippen LogP contribution in [0.2, 0.25) is 0 Å². The molecule has 0 radical (unpaired) electrons. The van der Waals surface area contributed by atoms with Gasteiger partial charge in [-0.25, -0.2) is 9.37 Å². The molecule has 0 N–H and O–H groups in total. The van der Waals surface area contributed by atoms with E-state index in [9.17, 15) is 9.18 Å². The van der Waals surface area contributed by atoms with Crippen molar-refractivity contribution in [2.45, 2.75) is 13.5 Å². The second-order valence-corrected chi connectivity index (χ2v) is 6.79. The molecular formula is C21H20FN3O2.